The highest BCUT2D eigenvalue weighted by Crippen LogP contribution is 2.26. The lowest BCUT2D eigenvalue weighted by atomic mass is 10.3. The van der Waals surface area contributed by atoms with Crippen molar-refractivity contribution in [2.75, 3.05) is 20.6 Å². The Morgan fingerprint density at radius 1 is 1.09 bits per heavy atom. The number of benzene rings is 1. The molecule has 0 aliphatic carbocycles. The number of para-hydroxylation sites is 1. The normalized spacial score (nSPS) is 15.2. The molecule has 2 aromatic rings. The van der Waals surface area contributed by atoms with E-state index in [2.05, 4.69) is 9.97 Å². The van der Waals surface area contributed by atoms with Crippen molar-refractivity contribution in [3.05, 3.63) is 53.9 Å². The Morgan fingerprint density at radius 2 is 1.78 bits per heavy atom. The molecule has 23 heavy (non-hydrogen) atoms. The highest BCUT2D eigenvalue weighted by atomic mass is 19.1. The summed E-state index contributed by atoms with van der Waals surface area (Å²) in [7, 11) is 3.92. The van der Waals surface area contributed by atoms with Gasteiger partial charge in [-0.1, -0.05) is 12.1 Å². The minimum absolute atomic E-state index is 0.105. The molecule has 1 aliphatic rings. The summed E-state index contributed by atoms with van der Waals surface area (Å²) in [4.78, 5) is 8.06. The summed E-state index contributed by atoms with van der Waals surface area (Å²) in [6.07, 6.45) is 1.32. The van der Waals surface area contributed by atoms with Crippen LogP contribution in [0.1, 0.15) is 6.92 Å². The van der Waals surface area contributed by atoms with Crippen molar-refractivity contribution in [2.45, 2.75) is 6.92 Å². The molecule has 1 aromatic carbocycles. The van der Waals surface area contributed by atoms with Gasteiger partial charge in [-0.15, -0.1) is 0 Å². The second kappa shape index (κ2) is 6.21. The Kier molecular flexibility index (Phi) is 4.12. The average molecular weight is 316 g/mol. The van der Waals surface area contributed by atoms with Crippen LogP contribution in [-0.4, -0.2) is 40.6 Å². The predicted octanol–water partition coefficient (Wildman–Crippen LogP) is 2.81. The van der Waals surface area contributed by atoms with Crippen LogP contribution in [-0.2, 0) is 0 Å². The van der Waals surface area contributed by atoms with E-state index in [1.165, 1.54) is 24.5 Å². The second-order valence-corrected chi connectivity index (χ2v) is 5.18. The molecule has 1 aromatic heterocycles. The summed E-state index contributed by atoms with van der Waals surface area (Å²) in [5.41, 5.74) is 1.00. The van der Waals surface area contributed by atoms with Gasteiger partial charge >= 0.3 is 0 Å². The van der Waals surface area contributed by atoms with Crippen LogP contribution < -0.4 is 9.47 Å². The van der Waals surface area contributed by atoms with Gasteiger partial charge in [0.25, 0.3) is 0 Å². The molecule has 0 radical (unpaired) electrons. The number of halogens is 1. The molecule has 0 saturated carbocycles. The molecule has 0 amide bonds. The number of hydrogen-bond donors (Lipinski definition) is 0. The van der Waals surface area contributed by atoms with Crippen LogP contribution in [0.4, 0.5) is 4.39 Å². The van der Waals surface area contributed by atoms with Crippen molar-refractivity contribution >= 4 is 0 Å². The molecule has 0 N–H and O–H groups in total. The van der Waals surface area contributed by atoms with Gasteiger partial charge in [-0.05, 0) is 19.1 Å². The third kappa shape index (κ3) is 3.24. The van der Waals surface area contributed by atoms with Gasteiger partial charge in [0.05, 0.1) is 18.3 Å². The van der Waals surface area contributed by atoms with E-state index in [1.54, 1.807) is 12.1 Å². The number of nitrogens with zero attached hydrogens (tertiary/aromatic N) is 4. The van der Waals surface area contributed by atoms with E-state index >= 15 is 0 Å². The third-order valence-electron chi connectivity index (χ3n) is 3.67. The molecular weight excluding hydrogens is 299 g/mol. The standard InChI is InChI=1S/C16H17FN4O2/c1-11-14(9-20(2)21(11)3)23-16-8-15(18-10-19-16)22-13-7-5-4-6-12(13)17/h4-8,10H,9H2,1-3H3. The molecule has 1 aliphatic heterocycles. The van der Waals surface area contributed by atoms with Crippen molar-refractivity contribution in [1.29, 1.82) is 0 Å². The lowest BCUT2D eigenvalue weighted by Gasteiger charge is -2.21. The first-order valence-electron chi connectivity index (χ1n) is 7.11. The largest absolute Gasteiger partial charge is 0.440 e. The Labute approximate surface area is 133 Å². The maximum absolute atomic E-state index is 13.6. The van der Waals surface area contributed by atoms with Crippen molar-refractivity contribution in [3.63, 3.8) is 0 Å². The molecule has 0 saturated heterocycles. The Balaban J connectivity index is 1.77. The highest BCUT2D eigenvalue weighted by molar-refractivity contribution is 5.30. The molecule has 0 fully saturated rings. The summed E-state index contributed by atoms with van der Waals surface area (Å²) in [6, 6.07) is 7.68. The SMILES string of the molecule is CC1=C(Oc2cc(Oc3ccccc3F)ncn2)CN(C)N1C. The molecule has 0 bridgehead atoms. The van der Waals surface area contributed by atoms with Gasteiger partial charge < -0.3 is 14.5 Å². The molecule has 120 valence electrons. The number of ether oxygens (including phenoxy) is 2. The summed E-state index contributed by atoms with van der Waals surface area (Å²) < 4.78 is 24.9. The highest BCUT2D eigenvalue weighted by Gasteiger charge is 2.23. The van der Waals surface area contributed by atoms with Crippen LogP contribution in [0, 0.1) is 5.82 Å². The van der Waals surface area contributed by atoms with Gasteiger partial charge in [0, 0.05) is 14.1 Å². The lowest BCUT2D eigenvalue weighted by molar-refractivity contribution is 0.100. The van der Waals surface area contributed by atoms with E-state index in [1.807, 2.05) is 31.0 Å². The molecule has 3 rings (SSSR count). The van der Waals surface area contributed by atoms with Crippen molar-refractivity contribution < 1.29 is 13.9 Å². The molecule has 6 nitrogen and oxygen atoms in total. The van der Waals surface area contributed by atoms with Crippen LogP contribution >= 0.6 is 0 Å². The van der Waals surface area contributed by atoms with E-state index in [0.717, 1.165) is 11.5 Å². The molecule has 7 heteroatoms. The Bertz CT molecular complexity index is 750. The minimum atomic E-state index is -0.453. The first-order valence-corrected chi connectivity index (χ1v) is 7.11. The zero-order chi connectivity index (χ0) is 16.4. The third-order valence-corrected chi connectivity index (χ3v) is 3.67. The molecule has 2 heterocycles. The fraction of sp³-hybridized carbons (Fsp3) is 0.250. The number of allylic oxidation sites excluding steroid dienone is 1. The Hall–Kier alpha value is -2.67. The smallest absolute Gasteiger partial charge is 0.226 e. The summed E-state index contributed by atoms with van der Waals surface area (Å²) in [5.74, 6) is 1.02. The molecule has 0 atom stereocenters. The van der Waals surface area contributed by atoms with Crippen molar-refractivity contribution in [2.24, 2.45) is 0 Å². The summed E-state index contributed by atoms with van der Waals surface area (Å²) >= 11 is 0. The quantitative estimate of drug-likeness (QED) is 0.864. The minimum Gasteiger partial charge on any atom is -0.440 e. The lowest BCUT2D eigenvalue weighted by Crippen LogP contribution is -2.29. The van der Waals surface area contributed by atoms with Crippen LogP contribution in [0.2, 0.25) is 0 Å². The maximum atomic E-state index is 13.6. The van der Waals surface area contributed by atoms with Crippen molar-refractivity contribution in [3.8, 4) is 17.5 Å². The number of hydrogen-bond acceptors (Lipinski definition) is 6. The molecule has 0 unspecified atom stereocenters. The fourth-order valence-corrected chi connectivity index (χ4v) is 2.17. The molecular formula is C16H17FN4O2. The maximum Gasteiger partial charge on any atom is 0.226 e. The number of hydrazine groups is 1. The number of rotatable bonds is 4. The van der Waals surface area contributed by atoms with Crippen LogP contribution in [0.5, 0.6) is 17.5 Å². The van der Waals surface area contributed by atoms with E-state index in [4.69, 9.17) is 9.47 Å². The first-order chi connectivity index (χ1) is 11.0. The average Bonchev–Trinajstić information content (AvgIpc) is 2.77. The predicted molar refractivity (Wildman–Crippen MR) is 82.2 cm³/mol. The monoisotopic (exact) mass is 316 g/mol. The second-order valence-electron chi connectivity index (χ2n) is 5.18. The topological polar surface area (TPSA) is 50.7 Å². The van der Waals surface area contributed by atoms with E-state index in [-0.39, 0.29) is 11.6 Å². The van der Waals surface area contributed by atoms with Crippen molar-refractivity contribution in [1.82, 2.24) is 20.0 Å². The van der Waals surface area contributed by atoms with Gasteiger partial charge in [0.2, 0.25) is 11.8 Å². The van der Waals surface area contributed by atoms with E-state index in [9.17, 15) is 4.39 Å². The van der Waals surface area contributed by atoms with Gasteiger partial charge in [0.15, 0.2) is 11.6 Å². The van der Waals surface area contributed by atoms with E-state index in [0.29, 0.717) is 12.4 Å². The van der Waals surface area contributed by atoms with Gasteiger partial charge in [0.1, 0.15) is 12.1 Å². The van der Waals surface area contributed by atoms with Crippen LogP contribution in [0.3, 0.4) is 0 Å². The number of aromatic nitrogens is 2. The first kappa shape index (κ1) is 15.2. The number of likely N-dealkylation sites (N-methyl/N-ethyl adjacent to an activating group) is 1. The van der Waals surface area contributed by atoms with E-state index < -0.39 is 5.82 Å². The Morgan fingerprint density at radius 3 is 2.43 bits per heavy atom. The van der Waals surface area contributed by atoms with Gasteiger partial charge in [-0.2, -0.15) is 0 Å². The fourth-order valence-electron chi connectivity index (χ4n) is 2.17. The summed E-state index contributed by atoms with van der Waals surface area (Å²) in [6.45, 7) is 2.62. The van der Waals surface area contributed by atoms with Crippen LogP contribution in [0.15, 0.2) is 48.1 Å². The van der Waals surface area contributed by atoms with Crippen LogP contribution in [0.25, 0.3) is 0 Å². The zero-order valence-corrected chi connectivity index (χ0v) is 13.2. The molecule has 0 spiro atoms. The summed E-state index contributed by atoms with van der Waals surface area (Å²) in [5, 5.41) is 4.01. The van der Waals surface area contributed by atoms with Gasteiger partial charge in [-0.25, -0.2) is 19.4 Å². The van der Waals surface area contributed by atoms with Gasteiger partial charge in [-0.3, -0.25) is 0 Å². The zero-order valence-electron chi connectivity index (χ0n) is 13.2.